The largest absolute Gasteiger partial charge is 0.365 e. The predicted molar refractivity (Wildman–Crippen MR) is 57.6 cm³/mol. The van der Waals surface area contributed by atoms with Crippen molar-refractivity contribution < 1.29 is 9.53 Å². The number of nitrogens with zero attached hydrogens (tertiary/aromatic N) is 1. The lowest BCUT2D eigenvalue weighted by Crippen LogP contribution is -2.53. The zero-order valence-corrected chi connectivity index (χ0v) is 9.53. The van der Waals surface area contributed by atoms with Gasteiger partial charge in [-0.25, -0.2) is 0 Å². The van der Waals surface area contributed by atoms with Crippen LogP contribution in [0.15, 0.2) is 0 Å². The van der Waals surface area contributed by atoms with Crippen LogP contribution in [-0.2, 0) is 9.53 Å². The maximum Gasteiger partial charge on any atom is 0.251 e. The summed E-state index contributed by atoms with van der Waals surface area (Å²) < 4.78 is 5.60. The van der Waals surface area contributed by atoms with Crippen LogP contribution >= 0.6 is 0 Å². The van der Waals surface area contributed by atoms with Gasteiger partial charge in [0, 0.05) is 25.7 Å². The molecule has 0 aliphatic carbocycles. The van der Waals surface area contributed by atoms with Crippen LogP contribution in [0.1, 0.15) is 26.7 Å². The van der Waals surface area contributed by atoms with Crippen LogP contribution in [0.4, 0.5) is 0 Å². The van der Waals surface area contributed by atoms with Gasteiger partial charge in [0.1, 0.15) is 6.10 Å². The standard InChI is InChI=1S/C11H20N2O2/c1-8-7-13(6-5-12-8)11(14)10-4-3-9(2)15-10/h8-10,12H,3-7H2,1-2H3/t8-,9?,10?/m1/s1. The molecular formula is C11H20N2O2. The van der Waals surface area contributed by atoms with E-state index in [0.29, 0.717) is 6.04 Å². The van der Waals surface area contributed by atoms with E-state index in [9.17, 15) is 4.79 Å². The summed E-state index contributed by atoms with van der Waals surface area (Å²) in [6.07, 6.45) is 1.97. The fourth-order valence-corrected chi connectivity index (χ4v) is 2.32. The molecule has 1 N–H and O–H groups in total. The summed E-state index contributed by atoms with van der Waals surface area (Å²) >= 11 is 0. The highest BCUT2D eigenvalue weighted by atomic mass is 16.5. The van der Waals surface area contributed by atoms with Gasteiger partial charge in [-0.1, -0.05) is 0 Å². The Hall–Kier alpha value is -0.610. The summed E-state index contributed by atoms with van der Waals surface area (Å²) in [5.41, 5.74) is 0. The van der Waals surface area contributed by atoms with Gasteiger partial charge in [0.25, 0.3) is 5.91 Å². The van der Waals surface area contributed by atoms with Crippen LogP contribution < -0.4 is 5.32 Å². The third-order valence-electron chi connectivity index (χ3n) is 3.19. The van der Waals surface area contributed by atoms with Crippen LogP contribution in [-0.4, -0.2) is 48.7 Å². The number of carbonyl (C=O) groups excluding carboxylic acids is 1. The lowest BCUT2D eigenvalue weighted by atomic mass is 10.1. The Labute approximate surface area is 91.0 Å². The normalized spacial score (nSPS) is 36.9. The molecule has 4 nitrogen and oxygen atoms in total. The van der Waals surface area contributed by atoms with Crippen LogP contribution in [0.2, 0.25) is 0 Å². The maximum absolute atomic E-state index is 12.1. The number of piperazine rings is 1. The molecule has 15 heavy (non-hydrogen) atoms. The summed E-state index contributed by atoms with van der Waals surface area (Å²) in [5.74, 6) is 0.188. The first-order valence-corrected chi connectivity index (χ1v) is 5.84. The third-order valence-corrected chi connectivity index (χ3v) is 3.19. The van der Waals surface area contributed by atoms with Crippen LogP contribution in [0, 0.1) is 0 Å². The summed E-state index contributed by atoms with van der Waals surface area (Å²) in [6, 6.07) is 0.404. The molecule has 2 unspecified atom stereocenters. The van der Waals surface area contributed by atoms with E-state index in [1.165, 1.54) is 0 Å². The van der Waals surface area contributed by atoms with Gasteiger partial charge in [-0.3, -0.25) is 4.79 Å². The molecule has 0 aromatic rings. The fraction of sp³-hybridized carbons (Fsp3) is 0.909. The number of hydrogen-bond donors (Lipinski definition) is 1. The zero-order valence-electron chi connectivity index (χ0n) is 9.53. The molecule has 0 aromatic carbocycles. The molecule has 1 amide bonds. The Morgan fingerprint density at radius 3 is 2.80 bits per heavy atom. The number of nitrogens with one attached hydrogen (secondary N) is 1. The molecule has 2 rings (SSSR count). The molecule has 2 heterocycles. The zero-order chi connectivity index (χ0) is 10.8. The lowest BCUT2D eigenvalue weighted by Gasteiger charge is -2.33. The Bertz CT molecular complexity index is 245. The summed E-state index contributed by atoms with van der Waals surface area (Å²) in [4.78, 5) is 14.0. The van der Waals surface area contributed by atoms with Crippen molar-refractivity contribution >= 4 is 5.91 Å². The smallest absolute Gasteiger partial charge is 0.251 e. The molecule has 2 aliphatic rings. The molecular weight excluding hydrogens is 192 g/mol. The Morgan fingerprint density at radius 1 is 1.40 bits per heavy atom. The van der Waals surface area contributed by atoms with Gasteiger partial charge in [0.05, 0.1) is 6.10 Å². The van der Waals surface area contributed by atoms with Gasteiger partial charge in [-0.15, -0.1) is 0 Å². The van der Waals surface area contributed by atoms with Crippen molar-refractivity contribution in [1.29, 1.82) is 0 Å². The quantitative estimate of drug-likeness (QED) is 0.683. The van der Waals surface area contributed by atoms with E-state index >= 15 is 0 Å². The average molecular weight is 212 g/mol. The first-order chi connectivity index (χ1) is 7.16. The second-order valence-corrected chi connectivity index (χ2v) is 4.65. The van der Waals surface area contributed by atoms with Crippen molar-refractivity contribution in [2.24, 2.45) is 0 Å². The summed E-state index contributed by atoms with van der Waals surface area (Å²) in [7, 11) is 0. The van der Waals surface area contributed by atoms with Crippen LogP contribution in [0.3, 0.4) is 0 Å². The Morgan fingerprint density at radius 2 is 2.20 bits per heavy atom. The first-order valence-electron chi connectivity index (χ1n) is 5.84. The molecule has 0 aromatic heterocycles. The van der Waals surface area contributed by atoms with Gasteiger partial charge in [0.2, 0.25) is 0 Å². The molecule has 2 saturated heterocycles. The molecule has 0 spiro atoms. The maximum atomic E-state index is 12.1. The minimum absolute atomic E-state index is 0.176. The highest BCUT2D eigenvalue weighted by molar-refractivity contribution is 5.81. The third kappa shape index (κ3) is 2.49. The van der Waals surface area contributed by atoms with E-state index in [0.717, 1.165) is 32.5 Å². The molecule has 4 heteroatoms. The van der Waals surface area contributed by atoms with Crippen molar-refractivity contribution in [3.05, 3.63) is 0 Å². The fourth-order valence-electron chi connectivity index (χ4n) is 2.32. The van der Waals surface area contributed by atoms with Crippen molar-refractivity contribution in [3.8, 4) is 0 Å². The van der Waals surface area contributed by atoms with E-state index in [1.54, 1.807) is 0 Å². The summed E-state index contributed by atoms with van der Waals surface area (Å²) in [5, 5.41) is 3.33. The van der Waals surface area contributed by atoms with Crippen molar-refractivity contribution in [2.45, 2.75) is 44.9 Å². The van der Waals surface area contributed by atoms with E-state index in [1.807, 2.05) is 11.8 Å². The second-order valence-electron chi connectivity index (χ2n) is 4.65. The molecule has 3 atom stereocenters. The van der Waals surface area contributed by atoms with Gasteiger partial charge >= 0.3 is 0 Å². The van der Waals surface area contributed by atoms with Crippen molar-refractivity contribution in [1.82, 2.24) is 10.2 Å². The van der Waals surface area contributed by atoms with Crippen molar-refractivity contribution in [3.63, 3.8) is 0 Å². The molecule has 2 aliphatic heterocycles. The summed E-state index contributed by atoms with van der Waals surface area (Å²) in [6.45, 7) is 6.67. The molecule has 86 valence electrons. The number of amides is 1. The van der Waals surface area contributed by atoms with Gasteiger partial charge in [0.15, 0.2) is 0 Å². The number of hydrogen-bond acceptors (Lipinski definition) is 3. The van der Waals surface area contributed by atoms with E-state index in [4.69, 9.17) is 4.74 Å². The van der Waals surface area contributed by atoms with Gasteiger partial charge in [-0.2, -0.15) is 0 Å². The minimum Gasteiger partial charge on any atom is -0.365 e. The molecule has 2 fully saturated rings. The Balaban J connectivity index is 1.89. The van der Waals surface area contributed by atoms with Gasteiger partial charge < -0.3 is 15.0 Å². The monoisotopic (exact) mass is 212 g/mol. The Kier molecular flexibility index (Phi) is 3.26. The van der Waals surface area contributed by atoms with Crippen LogP contribution in [0.5, 0.6) is 0 Å². The second kappa shape index (κ2) is 4.49. The highest BCUT2D eigenvalue weighted by Crippen LogP contribution is 2.21. The lowest BCUT2D eigenvalue weighted by molar-refractivity contribution is -0.143. The molecule has 0 bridgehead atoms. The first kappa shape index (κ1) is 10.9. The molecule has 0 saturated carbocycles. The predicted octanol–water partition coefficient (Wildman–Crippen LogP) is 0.374. The highest BCUT2D eigenvalue weighted by Gasteiger charge is 2.32. The number of rotatable bonds is 1. The number of carbonyl (C=O) groups is 1. The SMILES string of the molecule is CC1CCC(C(=O)N2CCN[C@H](C)C2)O1. The molecule has 0 radical (unpaired) electrons. The van der Waals surface area contributed by atoms with E-state index < -0.39 is 0 Å². The average Bonchev–Trinajstić information content (AvgIpc) is 2.64. The number of ether oxygens (including phenoxy) is 1. The minimum atomic E-state index is -0.176. The van der Waals surface area contributed by atoms with E-state index in [2.05, 4.69) is 12.2 Å². The van der Waals surface area contributed by atoms with E-state index in [-0.39, 0.29) is 18.1 Å². The van der Waals surface area contributed by atoms with Crippen LogP contribution in [0.25, 0.3) is 0 Å². The van der Waals surface area contributed by atoms with Crippen molar-refractivity contribution in [2.75, 3.05) is 19.6 Å². The topological polar surface area (TPSA) is 41.6 Å². The van der Waals surface area contributed by atoms with Gasteiger partial charge in [-0.05, 0) is 26.7 Å².